The number of nitrogen functional groups attached to an aromatic ring is 1. The molecule has 3 aromatic heterocycles. The Bertz CT molecular complexity index is 1400. The fourth-order valence-corrected chi connectivity index (χ4v) is 5.83. The van der Waals surface area contributed by atoms with Gasteiger partial charge < -0.3 is 25.8 Å². The van der Waals surface area contributed by atoms with Crippen LogP contribution < -0.4 is 11.1 Å². The van der Waals surface area contributed by atoms with E-state index in [0.717, 1.165) is 41.4 Å². The molecule has 0 saturated heterocycles. The summed E-state index contributed by atoms with van der Waals surface area (Å²) in [6.45, 7) is 4.48. The van der Waals surface area contributed by atoms with Crippen LogP contribution in [0.15, 0.2) is 42.9 Å². The SMILES string of the molecule is CC(C)C1Cc2cc3ccc(CC[C@H]4C[C@@H](n5ccc6c(N)ncnc65)[C@H](O)[C@@H]4O)cc3nc2N1. The molecule has 35 heavy (non-hydrogen) atoms. The summed E-state index contributed by atoms with van der Waals surface area (Å²) in [7, 11) is 0. The van der Waals surface area contributed by atoms with Crippen molar-refractivity contribution in [3.05, 3.63) is 54.0 Å². The minimum absolute atomic E-state index is 0.0104. The number of nitrogens with one attached hydrogen (secondary N) is 1. The first-order chi connectivity index (χ1) is 16.9. The van der Waals surface area contributed by atoms with E-state index in [2.05, 4.69) is 53.4 Å². The fourth-order valence-electron chi connectivity index (χ4n) is 5.83. The Morgan fingerprint density at radius 2 is 2.00 bits per heavy atom. The van der Waals surface area contributed by atoms with E-state index in [9.17, 15) is 10.2 Å². The molecule has 0 amide bonds. The van der Waals surface area contributed by atoms with E-state index in [1.54, 1.807) is 0 Å². The number of hydrogen-bond donors (Lipinski definition) is 4. The van der Waals surface area contributed by atoms with E-state index in [0.29, 0.717) is 29.8 Å². The third-order valence-electron chi connectivity index (χ3n) is 8.00. The Hall–Kier alpha value is -3.23. The number of pyridine rings is 1. The van der Waals surface area contributed by atoms with Crippen molar-refractivity contribution in [3.63, 3.8) is 0 Å². The summed E-state index contributed by atoms with van der Waals surface area (Å²) in [6.07, 6.45) is 4.98. The topological polar surface area (TPSA) is 122 Å². The third-order valence-corrected chi connectivity index (χ3v) is 8.00. The molecule has 182 valence electrons. The van der Waals surface area contributed by atoms with Crippen LogP contribution in [0.4, 0.5) is 11.6 Å². The van der Waals surface area contributed by atoms with Crippen LogP contribution >= 0.6 is 0 Å². The summed E-state index contributed by atoms with van der Waals surface area (Å²) >= 11 is 0. The first-order valence-electron chi connectivity index (χ1n) is 12.5. The lowest BCUT2D eigenvalue weighted by atomic mass is 9.95. The second-order valence-electron chi connectivity index (χ2n) is 10.5. The number of aryl methyl sites for hydroxylation is 1. The molecule has 0 bridgehead atoms. The maximum absolute atomic E-state index is 10.9. The smallest absolute Gasteiger partial charge is 0.145 e. The fraction of sp³-hybridized carbons (Fsp3) is 0.444. The Labute approximate surface area is 204 Å². The van der Waals surface area contributed by atoms with E-state index in [4.69, 9.17) is 10.7 Å². The van der Waals surface area contributed by atoms with E-state index in [-0.39, 0.29) is 12.0 Å². The van der Waals surface area contributed by atoms with Crippen LogP contribution in [-0.4, -0.2) is 48.0 Å². The van der Waals surface area contributed by atoms with Crippen LogP contribution in [0, 0.1) is 11.8 Å². The number of nitrogens with two attached hydrogens (primary N) is 1. The minimum Gasteiger partial charge on any atom is -0.390 e. The lowest BCUT2D eigenvalue weighted by Gasteiger charge is -2.19. The van der Waals surface area contributed by atoms with Gasteiger partial charge in [-0.3, -0.25) is 0 Å². The molecule has 2 aliphatic rings. The molecular formula is C27H32N6O2. The van der Waals surface area contributed by atoms with Gasteiger partial charge in [0.1, 0.15) is 29.7 Å². The summed E-state index contributed by atoms with van der Waals surface area (Å²) in [5.41, 5.74) is 10.2. The van der Waals surface area contributed by atoms with Gasteiger partial charge in [-0.2, -0.15) is 0 Å². The van der Waals surface area contributed by atoms with Crippen molar-refractivity contribution in [1.29, 1.82) is 0 Å². The third kappa shape index (κ3) is 3.81. The van der Waals surface area contributed by atoms with Gasteiger partial charge in [-0.15, -0.1) is 0 Å². The average molecular weight is 473 g/mol. The second-order valence-corrected chi connectivity index (χ2v) is 10.5. The van der Waals surface area contributed by atoms with Crippen LogP contribution in [0.1, 0.15) is 43.9 Å². The zero-order valence-corrected chi connectivity index (χ0v) is 20.1. The van der Waals surface area contributed by atoms with Crippen molar-refractivity contribution in [2.75, 3.05) is 11.1 Å². The van der Waals surface area contributed by atoms with Crippen molar-refractivity contribution in [2.45, 2.75) is 63.8 Å². The van der Waals surface area contributed by atoms with Crippen molar-refractivity contribution in [2.24, 2.45) is 11.8 Å². The number of benzene rings is 1. The van der Waals surface area contributed by atoms with Crippen LogP contribution in [0.5, 0.6) is 0 Å². The molecule has 0 radical (unpaired) electrons. The van der Waals surface area contributed by atoms with Crippen LogP contribution in [-0.2, 0) is 12.8 Å². The Balaban J connectivity index is 1.18. The van der Waals surface area contributed by atoms with Gasteiger partial charge in [0.05, 0.1) is 23.0 Å². The highest BCUT2D eigenvalue weighted by molar-refractivity contribution is 5.86. The van der Waals surface area contributed by atoms with Gasteiger partial charge in [0.25, 0.3) is 0 Å². The van der Waals surface area contributed by atoms with Crippen molar-refractivity contribution >= 4 is 33.6 Å². The van der Waals surface area contributed by atoms with Gasteiger partial charge in [0, 0.05) is 17.6 Å². The molecule has 4 heterocycles. The molecule has 1 unspecified atom stereocenters. The highest BCUT2D eigenvalue weighted by atomic mass is 16.3. The van der Waals surface area contributed by atoms with Gasteiger partial charge in [0.2, 0.25) is 0 Å². The molecule has 4 aromatic rings. The standard InChI is InChI=1S/C27H32N6O2/c1-14(2)20-11-18-10-16-5-3-15(9-21(16)32-26(18)31-20)4-6-17-12-22(24(35)23(17)34)33-8-7-19-25(28)29-13-30-27(19)33/h3,5,7-10,13-14,17,20,22-24,34-35H,4,6,11-12H2,1-2H3,(H,31,32)(H2,28,29,30)/t17-,20?,22+,23+,24-/m0/s1. The Morgan fingerprint density at radius 3 is 2.83 bits per heavy atom. The zero-order chi connectivity index (χ0) is 24.3. The number of aliphatic hydroxyl groups excluding tert-OH is 2. The predicted octanol–water partition coefficient (Wildman–Crippen LogP) is 3.47. The Kier molecular flexibility index (Phi) is 5.38. The quantitative estimate of drug-likeness (QED) is 0.351. The molecule has 1 saturated carbocycles. The molecule has 5 atom stereocenters. The van der Waals surface area contributed by atoms with Crippen molar-refractivity contribution in [1.82, 2.24) is 19.5 Å². The van der Waals surface area contributed by atoms with Gasteiger partial charge in [-0.1, -0.05) is 26.0 Å². The Morgan fingerprint density at radius 1 is 1.14 bits per heavy atom. The zero-order valence-electron chi connectivity index (χ0n) is 20.1. The second kappa shape index (κ2) is 8.46. The summed E-state index contributed by atoms with van der Waals surface area (Å²) in [5, 5.41) is 27.2. The highest BCUT2D eigenvalue weighted by Crippen LogP contribution is 2.40. The van der Waals surface area contributed by atoms with E-state index in [1.807, 2.05) is 16.8 Å². The predicted molar refractivity (Wildman–Crippen MR) is 137 cm³/mol. The molecular weight excluding hydrogens is 440 g/mol. The average Bonchev–Trinajstić information content (AvgIpc) is 3.53. The number of fused-ring (bicyclic) bond motifs is 3. The summed E-state index contributed by atoms with van der Waals surface area (Å²) in [4.78, 5) is 13.3. The van der Waals surface area contributed by atoms with Crippen LogP contribution in [0.2, 0.25) is 0 Å². The van der Waals surface area contributed by atoms with Gasteiger partial charge in [-0.05, 0) is 66.8 Å². The number of rotatable bonds is 5. The highest BCUT2D eigenvalue weighted by Gasteiger charge is 2.42. The number of anilines is 2. The number of aromatic nitrogens is 4. The van der Waals surface area contributed by atoms with E-state index < -0.39 is 12.2 Å². The largest absolute Gasteiger partial charge is 0.390 e. The maximum atomic E-state index is 10.9. The van der Waals surface area contributed by atoms with Crippen molar-refractivity contribution in [3.8, 4) is 0 Å². The first-order valence-corrected chi connectivity index (χ1v) is 12.5. The summed E-state index contributed by atoms with van der Waals surface area (Å²) in [6, 6.07) is 10.8. The van der Waals surface area contributed by atoms with E-state index in [1.165, 1.54) is 17.5 Å². The summed E-state index contributed by atoms with van der Waals surface area (Å²) < 4.78 is 1.93. The van der Waals surface area contributed by atoms with Crippen LogP contribution in [0.3, 0.4) is 0 Å². The molecule has 1 aliphatic carbocycles. The summed E-state index contributed by atoms with van der Waals surface area (Å²) in [5.74, 6) is 1.98. The molecule has 8 nitrogen and oxygen atoms in total. The van der Waals surface area contributed by atoms with Gasteiger partial charge in [0.15, 0.2) is 0 Å². The normalized spacial score (nSPS) is 26.0. The first kappa shape index (κ1) is 22.2. The van der Waals surface area contributed by atoms with E-state index >= 15 is 0 Å². The van der Waals surface area contributed by atoms with Crippen LogP contribution in [0.25, 0.3) is 21.9 Å². The molecule has 1 aromatic carbocycles. The molecule has 5 N–H and O–H groups in total. The lowest BCUT2D eigenvalue weighted by molar-refractivity contribution is 0.00545. The minimum atomic E-state index is -0.854. The molecule has 8 heteroatoms. The molecule has 0 spiro atoms. The molecule has 1 aliphatic heterocycles. The van der Waals surface area contributed by atoms with Crippen molar-refractivity contribution < 1.29 is 10.2 Å². The molecule has 1 fully saturated rings. The number of aliphatic hydroxyl groups is 2. The van der Waals surface area contributed by atoms with Gasteiger partial charge >= 0.3 is 0 Å². The monoisotopic (exact) mass is 472 g/mol. The number of hydrogen-bond acceptors (Lipinski definition) is 7. The maximum Gasteiger partial charge on any atom is 0.145 e. The molecule has 6 rings (SSSR count). The lowest BCUT2D eigenvalue weighted by Crippen LogP contribution is -2.29. The van der Waals surface area contributed by atoms with Gasteiger partial charge in [-0.25, -0.2) is 15.0 Å². The number of nitrogens with zero attached hydrogens (tertiary/aromatic N) is 4.